The van der Waals surface area contributed by atoms with Crippen LogP contribution in [0.25, 0.3) is 11.1 Å². The third-order valence-electron chi connectivity index (χ3n) is 5.21. The maximum atomic E-state index is 12.5. The summed E-state index contributed by atoms with van der Waals surface area (Å²) in [5, 5.41) is 2.81. The van der Waals surface area contributed by atoms with Gasteiger partial charge in [-0.2, -0.15) is 0 Å². The molecule has 0 bridgehead atoms. The van der Waals surface area contributed by atoms with Crippen molar-refractivity contribution >= 4 is 22.9 Å². The van der Waals surface area contributed by atoms with Crippen molar-refractivity contribution < 1.29 is 14.0 Å². The average molecular weight is 393 g/mol. The Morgan fingerprint density at radius 2 is 1.69 bits per heavy atom. The third kappa shape index (κ3) is 4.23. The van der Waals surface area contributed by atoms with Crippen LogP contribution in [0.2, 0.25) is 0 Å². The summed E-state index contributed by atoms with van der Waals surface area (Å²) < 4.78 is 6.45. The number of para-hydroxylation sites is 2. The van der Waals surface area contributed by atoms with Gasteiger partial charge in [-0.1, -0.05) is 24.3 Å². The van der Waals surface area contributed by atoms with Gasteiger partial charge in [0.15, 0.2) is 5.58 Å². The highest BCUT2D eigenvalue weighted by atomic mass is 16.4. The molecule has 29 heavy (non-hydrogen) atoms. The first-order valence-electron chi connectivity index (χ1n) is 9.85. The van der Waals surface area contributed by atoms with E-state index in [0.29, 0.717) is 23.2 Å². The topological polar surface area (TPSA) is 84.5 Å². The maximum absolute atomic E-state index is 12.5. The Kier molecular flexibility index (Phi) is 5.46. The van der Waals surface area contributed by atoms with Crippen LogP contribution in [0.5, 0.6) is 0 Å². The van der Waals surface area contributed by atoms with Gasteiger partial charge in [0.2, 0.25) is 5.91 Å². The number of nitrogens with zero attached hydrogens (tertiary/aromatic N) is 2. The molecule has 2 amide bonds. The van der Waals surface area contributed by atoms with Gasteiger partial charge in [0.25, 0.3) is 5.91 Å². The number of hydrogen-bond donors (Lipinski definition) is 1. The summed E-state index contributed by atoms with van der Waals surface area (Å²) in [4.78, 5) is 38.7. The fourth-order valence-corrected chi connectivity index (χ4v) is 3.61. The fraction of sp³-hybridized carbons (Fsp3) is 0.318. The van der Waals surface area contributed by atoms with E-state index in [2.05, 4.69) is 5.32 Å². The van der Waals surface area contributed by atoms with Crippen molar-refractivity contribution in [1.29, 1.82) is 0 Å². The Balaban J connectivity index is 1.35. The first-order valence-corrected chi connectivity index (χ1v) is 9.85. The van der Waals surface area contributed by atoms with Crippen molar-refractivity contribution in [2.24, 2.45) is 0 Å². The van der Waals surface area contributed by atoms with Crippen molar-refractivity contribution in [3.8, 4) is 0 Å². The van der Waals surface area contributed by atoms with Crippen molar-refractivity contribution in [3.63, 3.8) is 0 Å². The first kappa shape index (κ1) is 19.0. The lowest BCUT2D eigenvalue weighted by atomic mass is 10.1. The van der Waals surface area contributed by atoms with Crippen molar-refractivity contribution in [2.45, 2.75) is 32.4 Å². The smallest absolute Gasteiger partial charge is 0.408 e. The molecule has 0 spiro atoms. The highest BCUT2D eigenvalue weighted by molar-refractivity contribution is 5.94. The van der Waals surface area contributed by atoms with Crippen LogP contribution in [0.4, 0.5) is 0 Å². The Morgan fingerprint density at radius 3 is 2.45 bits per heavy atom. The van der Waals surface area contributed by atoms with Crippen LogP contribution < -0.4 is 11.1 Å². The molecule has 1 saturated heterocycles. The lowest BCUT2D eigenvalue weighted by Gasteiger charge is -2.26. The molecule has 7 nitrogen and oxygen atoms in total. The normalized spacial score (nSPS) is 14.1. The van der Waals surface area contributed by atoms with Gasteiger partial charge in [-0.05, 0) is 49.1 Å². The van der Waals surface area contributed by atoms with Gasteiger partial charge in [0.05, 0.1) is 5.52 Å². The van der Waals surface area contributed by atoms with E-state index in [1.165, 1.54) is 11.0 Å². The quantitative estimate of drug-likeness (QED) is 0.722. The molecule has 0 radical (unpaired) electrons. The predicted molar refractivity (Wildman–Crippen MR) is 109 cm³/mol. The average Bonchev–Trinajstić information content (AvgIpc) is 3.08. The molecule has 7 heteroatoms. The van der Waals surface area contributed by atoms with Gasteiger partial charge in [-0.15, -0.1) is 0 Å². The monoisotopic (exact) mass is 393 g/mol. The van der Waals surface area contributed by atoms with Gasteiger partial charge in [0.1, 0.15) is 6.54 Å². The van der Waals surface area contributed by atoms with Gasteiger partial charge in [0, 0.05) is 25.2 Å². The summed E-state index contributed by atoms with van der Waals surface area (Å²) in [7, 11) is 0. The van der Waals surface area contributed by atoms with E-state index < -0.39 is 5.76 Å². The number of piperidine rings is 1. The van der Waals surface area contributed by atoms with E-state index >= 15 is 0 Å². The second-order valence-electron chi connectivity index (χ2n) is 7.25. The van der Waals surface area contributed by atoms with Gasteiger partial charge in [-0.25, -0.2) is 4.79 Å². The molecule has 1 aliphatic heterocycles. The zero-order chi connectivity index (χ0) is 20.2. The molecule has 1 aliphatic rings. The molecule has 0 saturated carbocycles. The third-order valence-corrected chi connectivity index (χ3v) is 5.21. The number of hydrogen-bond acceptors (Lipinski definition) is 4. The molecule has 1 aromatic heterocycles. The molecule has 150 valence electrons. The van der Waals surface area contributed by atoms with E-state index in [1.807, 2.05) is 17.0 Å². The molecular formula is C22H23N3O4. The van der Waals surface area contributed by atoms with Crippen LogP contribution >= 0.6 is 0 Å². The standard InChI is InChI=1S/C22H23N3O4/c26-20(15-25-18-6-2-3-7-19(18)29-22(25)28)23-14-16-8-10-17(11-9-16)21(27)24-12-4-1-5-13-24/h2-3,6-11H,1,4-5,12-15H2,(H,23,26). The second kappa shape index (κ2) is 8.34. The molecule has 1 N–H and O–H groups in total. The first-order chi connectivity index (χ1) is 14.1. The van der Waals surface area contributed by atoms with Gasteiger partial charge in [-0.3, -0.25) is 14.2 Å². The zero-order valence-electron chi connectivity index (χ0n) is 16.1. The number of fused-ring (bicyclic) bond motifs is 1. The number of carbonyl (C=O) groups excluding carboxylic acids is 2. The Hall–Kier alpha value is -3.35. The number of amides is 2. The summed E-state index contributed by atoms with van der Waals surface area (Å²) in [6, 6.07) is 14.3. The minimum absolute atomic E-state index is 0.0616. The van der Waals surface area contributed by atoms with E-state index in [1.54, 1.807) is 36.4 Å². The molecule has 0 atom stereocenters. The highest BCUT2D eigenvalue weighted by Gasteiger charge is 2.18. The van der Waals surface area contributed by atoms with Crippen LogP contribution in [0.3, 0.4) is 0 Å². The summed E-state index contributed by atoms with van der Waals surface area (Å²) in [6.45, 7) is 1.85. The molecule has 2 aromatic carbocycles. The van der Waals surface area contributed by atoms with Crippen LogP contribution in [-0.2, 0) is 17.9 Å². The number of nitrogens with one attached hydrogen (secondary N) is 1. The number of carbonyl (C=O) groups is 2. The Morgan fingerprint density at radius 1 is 0.966 bits per heavy atom. The highest BCUT2D eigenvalue weighted by Crippen LogP contribution is 2.14. The van der Waals surface area contributed by atoms with E-state index in [9.17, 15) is 14.4 Å². The second-order valence-corrected chi connectivity index (χ2v) is 7.25. The molecule has 4 rings (SSSR count). The van der Waals surface area contributed by atoms with E-state index in [4.69, 9.17) is 4.42 Å². The lowest BCUT2D eigenvalue weighted by molar-refractivity contribution is -0.121. The summed E-state index contributed by atoms with van der Waals surface area (Å²) in [6.07, 6.45) is 3.30. The fourth-order valence-electron chi connectivity index (χ4n) is 3.61. The van der Waals surface area contributed by atoms with Crippen molar-refractivity contribution in [2.75, 3.05) is 13.1 Å². The predicted octanol–water partition coefficient (Wildman–Crippen LogP) is 2.54. The number of oxazole rings is 1. The van der Waals surface area contributed by atoms with Crippen LogP contribution in [-0.4, -0.2) is 34.4 Å². The minimum Gasteiger partial charge on any atom is -0.408 e. The molecule has 0 aliphatic carbocycles. The van der Waals surface area contributed by atoms with Crippen molar-refractivity contribution in [3.05, 3.63) is 70.2 Å². The largest absolute Gasteiger partial charge is 0.420 e. The molecule has 0 unspecified atom stereocenters. The van der Waals surface area contributed by atoms with E-state index in [0.717, 1.165) is 31.5 Å². The minimum atomic E-state index is -0.554. The molecule has 3 aromatic rings. The summed E-state index contributed by atoms with van der Waals surface area (Å²) >= 11 is 0. The number of benzene rings is 2. The SMILES string of the molecule is O=C(Cn1c(=O)oc2ccccc21)NCc1ccc(C(=O)N2CCCCC2)cc1. The number of aromatic nitrogens is 1. The molecule has 2 heterocycles. The maximum Gasteiger partial charge on any atom is 0.420 e. The number of rotatable bonds is 5. The van der Waals surface area contributed by atoms with Crippen molar-refractivity contribution in [1.82, 2.24) is 14.8 Å². The Bertz CT molecular complexity index is 1080. The van der Waals surface area contributed by atoms with Crippen LogP contribution in [0.1, 0.15) is 35.2 Å². The Labute approximate surface area is 167 Å². The van der Waals surface area contributed by atoms with Crippen LogP contribution in [0.15, 0.2) is 57.7 Å². The van der Waals surface area contributed by atoms with Gasteiger partial charge < -0.3 is 14.6 Å². The van der Waals surface area contributed by atoms with Gasteiger partial charge >= 0.3 is 5.76 Å². The summed E-state index contributed by atoms with van der Waals surface area (Å²) in [5.74, 6) is -0.777. The van der Waals surface area contributed by atoms with Crippen LogP contribution in [0, 0.1) is 0 Å². The molecule has 1 fully saturated rings. The zero-order valence-corrected chi connectivity index (χ0v) is 16.1. The lowest BCUT2D eigenvalue weighted by Crippen LogP contribution is -2.35. The summed E-state index contributed by atoms with van der Waals surface area (Å²) in [5.41, 5.74) is 2.60. The number of likely N-dealkylation sites (tertiary alicyclic amines) is 1. The van der Waals surface area contributed by atoms with E-state index in [-0.39, 0.29) is 18.4 Å². The molecular weight excluding hydrogens is 370 g/mol.